The largest absolute Gasteiger partial charge is 0.497 e. The van der Waals surface area contributed by atoms with Crippen molar-refractivity contribution in [2.75, 3.05) is 7.11 Å². The molecular weight excluding hydrogens is 821 g/mol. The molecule has 2 aliphatic heterocycles. The van der Waals surface area contributed by atoms with Gasteiger partial charge in [0.2, 0.25) is 0 Å². The molecule has 8 bridgehead atoms. The van der Waals surface area contributed by atoms with Gasteiger partial charge in [0, 0.05) is 33.2 Å². The van der Waals surface area contributed by atoms with Crippen molar-refractivity contribution >= 4 is 46.4 Å². The third-order valence-electron chi connectivity index (χ3n) is 13.0. The first kappa shape index (κ1) is 45.2. The number of fused-ring (bicyclic) bond motifs is 8. The fourth-order valence-electron chi connectivity index (χ4n) is 8.84. The van der Waals surface area contributed by atoms with E-state index in [2.05, 4.69) is 208 Å². The highest BCUT2D eigenvalue weighted by Crippen LogP contribution is 2.42. The molecule has 3 aromatic heterocycles. The summed E-state index contributed by atoms with van der Waals surface area (Å²) in [6, 6.07) is 41.1. The smallest absolute Gasteiger partial charge is 0.176 e. The molecule has 0 saturated carbocycles. The van der Waals surface area contributed by atoms with E-state index in [4.69, 9.17) is 19.4 Å². The highest BCUT2D eigenvalue weighted by atomic mass is 16.5. The molecule has 0 fully saturated rings. The number of rotatable bonds is 6. The topological polar surface area (TPSA) is 75.8 Å². The standard InChI is InChI=1S/C61H64N4O2/c1-58(2,3)40-31-38(32-41(35-40)59(4,5)6)55-48-25-23-46(62-48)54(37-17-15-14-16-18-37)47-24-26-49(63-47)56(39-33-42(60(7,8)9)36-43(34-39)61(10,11)12)51-28-30-53(65-51)57(52-29-27-50(55)64-52)67-45-21-19-44(66-13)20-22-45/h14-36,62,65H,1-13H3. The molecule has 0 spiro atoms. The van der Waals surface area contributed by atoms with Crippen LogP contribution < -0.4 is 9.47 Å². The van der Waals surface area contributed by atoms with Crippen molar-refractivity contribution in [3.63, 3.8) is 0 Å². The normalized spacial score (nSPS) is 13.0. The number of aromatic amines is 2. The lowest BCUT2D eigenvalue weighted by molar-refractivity contribution is 0.413. The Morgan fingerprint density at radius 3 is 1.15 bits per heavy atom. The summed E-state index contributed by atoms with van der Waals surface area (Å²) < 4.78 is 12.5. The van der Waals surface area contributed by atoms with E-state index in [1.165, 1.54) is 22.3 Å². The minimum Gasteiger partial charge on any atom is -0.497 e. The summed E-state index contributed by atoms with van der Waals surface area (Å²) in [6.07, 6.45) is 8.54. The number of H-pyrrole nitrogens is 2. The molecule has 7 aromatic rings. The van der Waals surface area contributed by atoms with Gasteiger partial charge in [0.05, 0.1) is 29.7 Å². The van der Waals surface area contributed by atoms with E-state index in [9.17, 15) is 0 Å². The van der Waals surface area contributed by atoms with Gasteiger partial charge in [-0.3, -0.25) is 0 Å². The van der Waals surface area contributed by atoms with Gasteiger partial charge in [-0.1, -0.05) is 150 Å². The molecule has 6 nitrogen and oxygen atoms in total. The molecule has 2 aliphatic rings. The summed E-state index contributed by atoms with van der Waals surface area (Å²) >= 11 is 0. The van der Waals surface area contributed by atoms with E-state index in [-0.39, 0.29) is 21.7 Å². The first-order chi connectivity index (χ1) is 31.6. The van der Waals surface area contributed by atoms with Crippen molar-refractivity contribution < 1.29 is 9.47 Å². The molecule has 0 radical (unpaired) electrons. The number of benzene rings is 4. The van der Waals surface area contributed by atoms with E-state index in [0.29, 0.717) is 17.2 Å². The number of aromatic nitrogens is 4. The van der Waals surface area contributed by atoms with Crippen LogP contribution in [0.15, 0.2) is 115 Å². The average Bonchev–Trinajstić information content (AvgIpc) is 4.12. The Morgan fingerprint density at radius 2 is 0.731 bits per heavy atom. The SMILES string of the molecule is COc1ccc(Oc2c3nc(c(-c4cc(C(C)(C)C)cc(C(C)(C)C)c4)c4ccc([nH]4)c(-c4ccccc4)c4nc(c(-c5cc(C(C)(C)C)cc(C(C)(C)C)c5)c5ccc2[nH]5)C=C4)C=C3)cc1. The van der Waals surface area contributed by atoms with Crippen molar-refractivity contribution in [1.82, 2.24) is 19.9 Å². The van der Waals surface area contributed by atoms with Crippen molar-refractivity contribution in [3.05, 3.63) is 160 Å². The van der Waals surface area contributed by atoms with Crippen LogP contribution in [-0.4, -0.2) is 27.0 Å². The molecule has 67 heavy (non-hydrogen) atoms. The Hall–Kier alpha value is -6.92. The molecule has 0 saturated heterocycles. The molecule has 2 N–H and O–H groups in total. The number of nitrogens with one attached hydrogen (secondary N) is 2. The van der Waals surface area contributed by atoms with Gasteiger partial charge in [0.1, 0.15) is 17.2 Å². The maximum atomic E-state index is 6.93. The van der Waals surface area contributed by atoms with Gasteiger partial charge in [0.25, 0.3) is 0 Å². The lowest BCUT2D eigenvalue weighted by Crippen LogP contribution is -2.16. The number of nitrogens with zero attached hydrogens (tertiary/aromatic N) is 2. The van der Waals surface area contributed by atoms with Gasteiger partial charge < -0.3 is 19.4 Å². The molecule has 4 aromatic carbocycles. The van der Waals surface area contributed by atoms with Crippen molar-refractivity contribution in [1.29, 1.82) is 0 Å². The third kappa shape index (κ3) is 9.15. The van der Waals surface area contributed by atoms with Gasteiger partial charge in [-0.2, -0.15) is 0 Å². The number of methoxy groups -OCH3 is 1. The molecule has 0 atom stereocenters. The van der Waals surface area contributed by atoms with Crippen LogP contribution in [0.2, 0.25) is 0 Å². The lowest BCUT2D eigenvalue weighted by Gasteiger charge is -2.26. The van der Waals surface area contributed by atoms with Gasteiger partial charge in [-0.05, 0) is 133 Å². The first-order valence-corrected chi connectivity index (χ1v) is 23.5. The summed E-state index contributed by atoms with van der Waals surface area (Å²) in [6.45, 7) is 27.4. The maximum absolute atomic E-state index is 6.93. The monoisotopic (exact) mass is 885 g/mol. The van der Waals surface area contributed by atoms with E-state index >= 15 is 0 Å². The predicted octanol–water partition coefficient (Wildman–Crippen LogP) is 16.6. The zero-order valence-corrected chi connectivity index (χ0v) is 41.5. The Bertz CT molecular complexity index is 3120. The molecule has 0 amide bonds. The van der Waals surface area contributed by atoms with Crippen LogP contribution in [0.1, 0.15) is 128 Å². The number of hydrogen-bond acceptors (Lipinski definition) is 4. The zero-order chi connectivity index (χ0) is 47.6. The number of ether oxygens (including phenoxy) is 2. The van der Waals surface area contributed by atoms with E-state index in [1.54, 1.807) is 7.11 Å². The predicted molar refractivity (Wildman–Crippen MR) is 283 cm³/mol. The van der Waals surface area contributed by atoms with Gasteiger partial charge in [0.15, 0.2) is 5.75 Å². The van der Waals surface area contributed by atoms with Crippen LogP contribution in [-0.2, 0) is 21.7 Å². The van der Waals surface area contributed by atoms with Crippen molar-refractivity contribution in [2.24, 2.45) is 0 Å². The van der Waals surface area contributed by atoms with Gasteiger partial charge in [-0.25, -0.2) is 9.97 Å². The minimum atomic E-state index is -0.0907. The fourth-order valence-corrected chi connectivity index (χ4v) is 8.84. The van der Waals surface area contributed by atoms with Crippen LogP contribution in [0, 0.1) is 0 Å². The Kier molecular flexibility index (Phi) is 11.3. The van der Waals surface area contributed by atoms with Crippen LogP contribution in [0.3, 0.4) is 0 Å². The van der Waals surface area contributed by atoms with Gasteiger partial charge >= 0.3 is 0 Å². The maximum Gasteiger partial charge on any atom is 0.176 e. The molecule has 5 heterocycles. The summed E-state index contributed by atoms with van der Waals surface area (Å²) in [4.78, 5) is 18.9. The summed E-state index contributed by atoms with van der Waals surface area (Å²) in [5.41, 5.74) is 17.9. The van der Waals surface area contributed by atoms with Crippen LogP contribution in [0.25, 0.3) is 79.8 Å². The van der Waals surface area contributed by atoms with Crippen LogP contribution in [0.4, 0.5) is 0 Å². The van der Waals surface area contributed by atoms with E-state index in [1.807, 2.05) is 24.3 Å². The minimum absolute atomic E-state index is 0.0907. The summed E-state index contributed by atoms with van der Waals surface area (Å²) in [7, 11) is 1.67. The molecule has 340 valence electrons. The Balaban J connectivity index is 1.46. The third-order valence-corrected chi connectivity index (χ3v) is 13.0. The molecule has 0 unspecified atom stereocenters. The molecule has 9 rings (SSSR count). The fraction of sp³-hybridized carbons (Fsp3) is 0.279. The summed E-state index contributed by atoms with van der Waals surface area (Å²) in [5, 5.41) is 0. The first-order valence-electron chi connectivity index (χ1n) is 23.5. The number of hydrogen-bond donors (Lipinski definition) is 2. The molecular formula is C61H64N4O2. The molecule has 0 aliphatic carbocycles. The van der Waals surface area contributed by atoms with Crippen molar-refractivity contribution in [2.45, 2.75) is 105 Å². The van der Waals surface area contributed by atoms with Crippen molar-refractivity contribution in [3.8, 4) is 50.6 Å². The Morgan fingerprint density at radius 1 is 0.373 bits per heavy atom. The Labute approximate surface area is 396 Å². The summed E-state index contributed by atoms with van der Waals surface area (Å²) in [5.74, 6) is 2.03. The second kappa shape index (κ2) is 16.7. The lowest BCUT2D eigenvalue weighted by atomic mass is 9.78. The second-order valence-electron chi connectivity index (χ2n) is 22.2. The quantitative estimate of drug-likeness (QED) is 0.174. The highest BCUT2D eigenvalue weighted by molar-refractivity contribution is 5.98. The zero-order valence-electron chi connectivity index (χ0n) is 41.5. The van der Waals surface area contributed by atoms with E-state index < -0.39 is 0 Å². The molecule has 6 heteroatoms. The van der Waals surface area contributed by atoms with Crippen LogP contribution >= 0.6 is 0 Å². The average molecular weight is 885 g/mol. The van der Waals surface area contributed by atoms with E-state index in [0.717, 1.165) is 78.3 Å². The van der Waals surface area contributed by atoms with Gasteiger partial charge in [-0.15, -0.1) is 0 Å². The second-order valence-corrected chi connectivity index (χ2v) is 22.2. The van der Waals surface area contributed by atoms with Crippen LogP contribution in [0.5, 0.6) is 17.2 Å². The highest BCUT2D eigenvalue weighted by Gasteiger charge is 2.26.